The molecule has 0 radical (unpaired) electrons. The molecule has 5 nitrogen and oxygen atoms in total. The highest BCUT2D eigenvalue weighted by atomic mass is 16.4. The van der Waals surface area contributed by atoms with Gasteiger partial charge in [0.05, 0.1) is 24.1 Å². The fourth-order valence-electron chi connectivity index (χ4n) is 1.92. The van der Waals surface area contributed by atoms with Gasteiger partial charge in [0.1, 0.15) is 0 Å². The van der Waals surface area contributed by atoms with Crippen LogP contribution in [-0.4, -0.2) is 28.5 Å². The molecule has 0 saturated carbocycles. The first-order chi connectivity index (χ1) is 9.54. The highest BCUT2D eigenvalue weighted by Gasteiger charge is 2.06. The minimum Gasteiger partial charge on any atom is -0.481 e. The SMILES string of the molecule is Cc1ccc2nc(CC(=O)NCCC(=O)O)ccc2c1. The summed E-state index contributed by atoms with van der Waals surface area (Å²) in [5, 5.41) is 12.1. The van der Waals surface area contributed by atoms with Gasteiger partial charge in [0.15, 0.2) is 0 Å². The van der Waals surface area contributed by atoms with Crippen molar-refractivity contribution in [2.75, 3.05) is 6.54 Å². The van der Waals surface area contributed by atoms with Crippen LogP contribution in [0, 0.1) is 6.92 Å². The van der Waals surface area contributed by atoms with Gasteiger partial charge in [-0.25, -0.2) is 0 Å². The van der Waals surface area contributed by atoms with Crippen LogP contribution < -0.4 is 5.32 Å². The van der Waals surface area contributed by atoms with E-state index < -0.39 is 5.97 Å². The molecular formula is C15H16N2O3. The summed E-state index contributed by atoms with van der Waals surface area (Å²) in [4.78, 5) is 26.4. The zero-order valence-electron chi connectivity index (χ0n) is 11.2. The van der Waals surface area contributed by atoms with Crippen molar-refractivity contribution in [3.05, 3.63) is 41.6 Å². The number of nitrogens with zero attached hydrogens (tertiary/aromatic N) is 1. The Bertz CT molecular complexity index is 653. The van der Waals surface area contributed by atoms with E-state index in [-0.39, 0.29) is 25.3 Å². The number of benzene rings is 1. The zero-order valence-corrected chi connectivity index (χ0v) is 11.2. The van der Waals surface area contributed by atoms with Gasteiger partial charge in [-0.15, -0.1) is 0 Å². The van der Waals surface area contributed by atoms with Crippen LogP contribution in [0.1, 0.15) is 17.7 Å². The van der Waals surface area contributed by atoms with Crippen molar-refractivity contribution in [3.63, 3.8) is 0 Å². The predicted octanol–water partition coefficient (Wildman–Crippen LogP) is 1.68. The number of carbonyl (C=O) groups is 2. The Hall–Kier alpha value is -2.43. The number of carboxylic acids is 1. The minimum atomic E-state index is -0.926. The second-order valence-electron chi connectivity index (χ2n) is 4.67. The molecule has 5 heteroatoms. The van der Waals surface area contributed by atoms with Crippen LogP contribution in [0.5, 0.6) is 0 Å². The molecule has 20 heavy (non-hydrogen) atoms. The number of carbonyl (C=O) groups excluding carboxylic acids is 1. The lowest BCUT2D eigenvalue weighted by atomic mass is 10.1. The molecule has 2 rings (SSSR count). The maximum absolute atomic E-state index is 11.6. The van der Waals surface area contributed by atoms with Crippen molar-refractivity contribution in [1.82, 2.24) is 10.3 Å². The molecule has 1 aromatic heterocycles. The molecule has 0 aliphatic rings. The van der Waals surface area contributed by atoms with Gasteiger partial charge in [-0.3, -0.25) is 14.6 Å². The summed E-state index contributed by atoms with van der Waals surface area (Å²) in [6.45, 7) is 2.16. The topological polar surface area (TPSA) is 79.3 Å². The summed E-state index contributed by atoms with van der Waals surface area (Å²) in [5.74, 6) is -1.14. The minimum absolute atomic E-state index is 0.0732. The Morgan fingerprint density at radius 3 is 2.80 bits per heavy atom. The van der Waals surface area contributed by atoms with Crippen molar-refractivity contribution in [2.24, 2.45) is 0 Å². The second kappa shape index (κ2) is 6.14. The van der Waals surface area contributed by atoms with E-state index in [2.05, 4.69) is 10.3 Å². The average Bonchev–Trinajstić information content (AvgIpc) is 2.38. The first kappa shape index (κ1) is 14.0. The lowest BCUT2D eigenvalue weighted by Crippen LogP contribution is -2.27. The summed E-state index contributed by atoms with van der Waals surface area (Å²) in [6, 6.07) is 9.70. The quantitative estimate of drug-likeness (QED) is 0.868. The van der Waals surface area contributed by atoms with Crippen LogP contribution in [0.3, 0.4) is 0 Å². The lowest BCUT2D eigenvalue weighted by molar-refractivity contribution is -0.136. The highest BCUT2D eigenvalue weighted by molar-refractivity contribution is 5.82. The van der Waals surface area contributed by atoms with Gasteiger partial charge >= 0.3 is 5.97 Å². The van der Waals surface area contributed by atoms with Gasteiger partial charge in [0.2, 0.25) is 5.91 Å². The van der Waals surface area contributed by atoms with Gasteiger partial charge in [0, 0.05) is 11.9 Å². The van der Waals surface area contributed by atoms with Crippen LogP contribution in [0.4, 0.5) is 0 Å². The van der Waals surface area contributed by atoms with Crippen molar-refractivity contribution in [3.8, 4) is 0 Å². The van der Waals surface area contributed by atoms with Crippen LogP contribution in [0.15, 0.2) is 30.3 Å². The molecule has 2 aromatic rings. The molecule has 104 valence electrons. The van der Waals surface area contributed by atoms with E-state index in [4.69, 9.17) is 5.11 Å². The Balaban J connectivity index is 2.01. The Labute approximate surface area is 116 Å². The maximum atomic E-state index is 11.6. The predicted molar refractivity (Wildman–Crippen MR) is 75.4 cm³/mol. The third-order valence-corrected chi connectivity index (χ3v) is 2.91. The highest BCUT2D eigenvalue weighted by Crippen LogP contribution is 2.14. The summed E-state index contributed by atoms with van der Waals surface area (Å²) in [5.41, 5.74) is 2.69. The molecule has 2 N–H and O–H groups in total. The van der Waals surface area contributed by atoms with Crippen LogP contribution in [0.25, 0.3) is 10.9 Å². The number of hydrogen-bond acceptors (Lipinski definition) is 3. The van der Waals surface area contributed by atoms with Crippen molar-refractivity contribution < 1.29 is 14.7 Å². The molecular weight excluding hydrogens is 256 g/mol. The second-order valence-corrected chi connectivity index (χ2v) is 4.67. The lowest BCUT2D eigenvalue weighted by Gasteiger charge is -2.05. The Kier molecular flexibility index (Phi) is 4.30. The molecule has 1 amide bonds. The van der Waals surface area contributed by atoms with E-state index in [9.17, 15) is 9.59 Å². The maximum Gasteiger partial charge on any atom is 0.305 e. The smallest absolute Gasteiger partial charge is 0.305 e. The molecule has 0 fully saturated rings. The van der Waals surface area contributed by atoms with Gasteiger partial charge in [-0.05, 0) is 25.1 Å². The number of amides is 1. The molecule has 1 aromatic carbocycles. The summed E-state index contributed by atoms with van der Waals surface area (Å²) < 4.78 is 0. The number of carboxylic acid groups (broad SMARTS) is 1. The van der Waals surface area contributed by atoms with E-state index in [1.54, 1.807) is 0 Å². The standard InChI is InChI=1S/C15H16N2O3/c1-10-2-5-13-11(8-10)3-4-12(17-13)9-14(18)16-7-6-15(19)20/h2-5,8H,6-7,9H2,1H3,(H,16,18)(H,19,20). The Morgan fingerprint density at radius 2 is 2.05 bits per heavy atom. The van der Waals surface area contributed by atoms with Crippen molar-refractivity contribution >= 4 is 22.8 Å². The molecule has 1 heterocycles. The number of aryl methyl sites for hydroxylation is 1. The van der Waals surface area contributed by atoms with Crippen LogP contribution in [0.2, 0.25) is 0 Å². The van der Waals surface area contributed by atoms with Crippen molar-refractivity contribution in [2.45, 2.75) is 19.8 Å². The van der Waals surface area contributed by atoms with Crippen molar-refractivity contribution in [1.29, 1.82) is 0 Å². The molecule has 0 unspecified atom stereocenters. The summed E-state index contributed by atoms with van der Waals surface area (Å²) >= 11 is 0. The summed E-state index contributed by atoms with van der Waals surface area (Å²) in [6.07, 6.45) is 0.0829. The number of hydrogen-bond donors (Lipinski definition) is 2. The molecule has 0 spiro atoms. The largest absolute Gasteiger partial charge is 0.481 e. The summed E-state index contributed by atoms with van der Waals surface area (Å²) in [7, 11) is 0. The van der Waals surface area contributed by atoms with E-state index in [0.29, 0.717) is 5.69 Å². The van der Waals surface area contributed by atoms with Gasteiger partial charge in [-0.1, -0.05) is 17.7 Å². The van der Waals surface area contributed by atoms with Gasteiger partial charge in [0.25, 0.3) is 0 Å². The zero-order chi connectivity index (χ0) is 14.5. The van der Waals surface area contributed by atoms with E-state index in [1.807, 2.05) is 37.3 Å². The van der Waals surface area contributed by atoms with Crippen LogP contribution in [-0.2, 0) is 16.0 Å². The molecule has 0 saturated heterocycles. The Morgan fingerprint density at radius 1 is 1.25 bits per heavy atom. The van der Waals surface area contributed by atoms with E-state index in [1.165, 1.54) is 5.56 Å². The normalized spacial score (nSPS) is 10.4. The monoisotopic (exact) mass is 272 g/mol. The molecule has 0 atom stereocenters. The fourth-order valence-corrected chi connectivity index (χ4v) is 1.92. The van der Waals surface area contributed by atoms with E-state index in [0.717, 1.165) is 10.9 Å². The van der Waals surface area contributed by atoms with E-state index >= 15 is 0 Å². The number of aliphatic carboxylic acids is 1. The average molecular weight is 272 g/mol. The van der Waals surface area contributed by atoms with Crippen LogP contribution >= 0.6 is 0 Å². The first-order valence-corrected chi connectivity index (χ1v) is 6.39. The van der Waals surface area contributed by atoms with Gasteiger partial charge < -0.3 is 10.4 Å². The third kappa shape index (κ3) is 3.78. The molecule has 0 aliphatic carbocycles. The fraction of sp³-hybridized carbons (Fsp3) is 0.267. The number of aromatic nitrogens is 1. The molecule has 0 bridgehead atoms. The third-order valence-electron chi connectivity index (χ3n) is 2.91. The number of pyridine rings is 1. The number of fused-ring (bicyclic) bond motifs is 1. The van der Waals surface area contributed by atoms with Gasteiger partial charge in [-0.2, -0.15) is 0 Å². The first-order valence-electron chi connectivity index (χ1n) is 6.39. The number of nitrogens with one attached hydrogen (secondary N) is 1. The molecule has 0 aliphatic heterocycles. The number of rotatable bonds is 5.